The smallest absolute Gasteiger partial charge is 0.108 e. The number of hydrogen-bond donors (Lipinski definition) is 3. The molecule has 0 unspecified atom stereocenters. The van der Waals surface area contributed by atoms with Gasteiger partial charge in [0.1, 0.15) is 6.10 Å². The molecular formula is C15H31NO4. The zero-order valence-corrected chi connectivity index (χ0v) is 12.9. The fraction of sp³-hybridized carbons (Fsp3) is 1.00. The minimum absolute atomic E-state index is 0.0879. The Hall–Kier alpha value is -0.200. The minimum atomic E-state index is -1.01. The first-order chi connectivity index (χ1) is 9.57. The maximum Gasteiger partial charge on any atom is 0.108 e. The Morgan fingerprint density at radius 3 is 2.20 bits per heavy atom. The fourth-order valence-electron chi connectivity index (χ4n) is 2.81. The standard InChI is InChI=1S/C15H31NO4/c1-12-14(18)15(19)13(17)11-16(12)9-7-5-3-4-6-8-10-20-2/h12-15,17-19H,3-11H2,1-2H3/t12-,13+,14+,15-/m1/s1. The van der Waals surface area contributed by atoms with Crippen molar-refractivity contribution in [2.24, 2.45) is 0 Å². The molecule has 120 valence electrons. The van der Waals surface area contributed by atoms with Crippen molar-refractivity contribution in [1.82, 2.24) is 4.90 Å². The Morgan fingerprint density at radius 2 is 1.55 bits per heavy atom. The average Bonchev–Trinajstić information content (AvgIpc) is 2.44. The van der Waals surface area contributed by atoms with Crippen molar-refractivity contribution in [3.63, 3.8) is 0 Å². The van der Waals surface area contributed by atoms with Crippen LogP contribution in [-0.2, 0) is 4.74 Å². The number of hydrogen-bond acceptors (Lipinski definition) is 5. The van der Waals surface area contributed by atoms with Crippen LogP contribution in [0.4, 0.5) is 0 Å². The maximum absolute atomic E-state index is 9.85. The van der Waals surface area contributed by atoms with Gasteiger partial charge in [-0.05, 0) is 26.3 Å². The van der Waals surface area contributed by atoms with Gasteiger partial charge in [-0.1, -0.05) is 25.7 Å². The number of rotatable bonds is 9. The number of likely N-dealkylation sites (tertiary alicyclic amines) is 1. The molecule has 0 spiro atoms. The van der Waals surface area contributed by atoms with Crippen molar-refractivity contribution in [2.45, 2.75) is 69.8 Å². The van der Waals surface area contributed by atoms with Gasteiger partial charge in [-0.2, -0.15) is 0 Å². The third-order valence-electron chi connectivity index (χ3n) is 4.28. The summed E-state index contributed by atoms with van der Waals surface area (Å²) in [6, 6.07) is -0.0879. The maximum atomic E-state index is 9.85. The van der Waals surface area contributed by atoms with Crippen molar-refractivity contribution < 1.29 is 20.1 Å². The van der Waals surface area contributed by atoms with E-state index in [2.05, 4.69) is 4.90 Å². The van der Waals surface area contributed by atoms with Gasteiger partial charge in [0.05, 0.1) is 12.2 Å². The Labute approximate surface area is 122 Å². The molecule has 0 saturated carbocycles. The highest BCUT2D eigenvalue weighted by Crippen LogP contribution is 2.19. The van der Waals surface area contributed by atoms with Crippen LogP contribution in [-0.4, -0.2) is 71.4 Å². The highest BCUT2D eigenvalue weighted by molar-refractivity contribution is 4.91. The van der Waals surface area contributed by atoms with Crippen LogP contribution in [0.3, 0.4) is 0 Å². The van der Waals surface area contributed by atoms with Crippen LogP contribution in [0.25, 0.3) is 0 Å². The monoisotopic (exact) mass is 289 g/mol. The Balaban J connectivity index is 2.09. The summed E-state index contributed by atoms with van der Waals surface area (Å²) in [6.07, 6.45) is 4.36. The van der Waals surface area contributed by atoms with Gasteiger partial charge in [0, 0.05) is 26.3 Å². The summed E-state index contributed by atoms with van der Waals surface area (Å²) in [4.78, 5) is 2.08. The lowest BCUT2D eigenvalue weighted by atomic mass is 9.94. The lowest BCUT2D eigenvalue weighted by molar-refractivity contribution is -0.133. The van der Waals surface area contributed by atoms with E-state index in [1.807, 2.05) is 6.92 Å². The molecule has 0 bridgehead atoms. The largest absolute Gasteiger partial charge is 0.389 e. The van der Waals surface area contributed by atoms with E-state index in [0.717, 1.165) is 26.0 Å². The molecule has 1 fully saturated rings. The second kappa shape index (κ2) is 9.68. The third kappa shape index (κ3) is 5.66. The SMILES string of the molecule is COCCCCCCCCN1C[C@H](O)[C@@H](O)[C@@H](O)[C@H]1C. The molecule has 5 heteroatoms. The van der Waals surface area contributed by atoms with E-state index in [1.54, 1.807) is 7.11 Å². The highest BCUT2D eigenvalue weighted by Gasteiger charge is 2.38. The van der Waals surface area contributed by atoms with Crippen molar-refractivity contribution >= 4 is 0 Å². The summed E-state index contributed by atoms with van der Waals surface area (Å²) >= 11 is 0. The van der Waals surface area contributed by atoms with Crippen LogP contribution >= 0.6 is 0 Å². The zero-order chi connectivity index (χ0) is 15.0. The van der Waals surface area contributed by atoms with E-state index in [1.165, 1.54) is 25.7 Å². The van der Waals surface area contributed by atoms with Crippen LogP contribution in [0.1, 0.15) is 45.4 Å². The molecule has 1 heterocycles. The Bertz CT molecular complexity index is 252. The van der Waals surface area contributed by atoms with Crippen molar-refractivity contribution in [3.8, 4) is 0 Å². The van der Waals surface area contributed by atoms with Crippen molar-refractivity contribution in [3.05, 3.63) is 0 Å². The van der Waals surface area contributed by atoms with E-state index in [-0.39, 0.29) is 6.04 Å². The topological polar surface area (TPSA) is 73.2 Å². The molecular weight excluding hydrogens is 258 g/mol. The molecule has 0 aromatic heterocycles. The number of β-amino-alcohol motifs (C(OH)–C–C–N with tert-alkyl or cyclic N) is 1. The first-order valence-corrected chi connectivity index (χ1v) is 7.85. The second-order valence-electron chi connectivity index (χ2n) is 5.90. The lowest BCUT2D eigenvalue weighted by Crippen LogP contribution is -2.60. The summed E-state index contributed by atoms with van der Waals surface area (Å²) in [6.45, 7) is 4.08. The van der Waals surface area contributed by atoms with Gasteiger partial charge in [0.2, 0.25) is 0 Å². The molecule has 0 aromatic carbocycles. The van der Waals surface area contributed by atoms with Crippen LogP contribution in [0.5, 0.6) is 0 Å². The van der Waals surface area contributed by atoms with E-state index in [4.69, 9.17) is 4.74 Å². The predicted molar refractivity (Wildman–Crippen MR) is 78.6 cm³/mol. The molecule has 4 atom stereocenters. The molecule has 1 aliphatic rings. The molecule has 0 aliphatic carbocycles. The van der Waals surface area contributed by atoms with Crippen molar-refractivity contribution in [1.29, 1.82) is 0 Å². The predicted octanol–water partition coefficient (Wildman–Crippen LogP) is 0.760. The van der Waals surface area contributed by atoms with Gasteiger partial charge < -0.3 is 20.1 Å². The zero-order valence-electron chi connectivity index (χ0n) is 12.9. The van der Waals surface area contributed by atoms with Gasteiger partial charge in [-0.3, -0.25) is 4.90 Å². The quantitative estimate of drug-likeness (QED) is 0.547. The normalized spacial score (nSPS) is 31.6. The van der Waals surface area contributed by atoms with Crippen LogP contribution in [0.15, 0.2) is 0 Å². The molecule has 0 radical (unpaired) electrons. The number of aliphatic hydroxyl groups is 3. The lowest BCUT2D eigenvalue weighted by Gasteiger charge is -2.42. The van der Waals surface area contributed by atoms with Crippen LogP contribution in [0.2, 0.25) is 0 Å². The molecule has 1 rings (SSSR count). The number of ether oxygens (including phenoxy) is 1. The molecule has 5 nitrogen and oxygen atoms in total. The molecule has 3 N–H and O–H groups in total. The fourth-order valence-corrected chi connectivity index (χ4v) is 2.81. The van der Waals surface area contributed by atoms with Gasteiger partial charge in [-0.25, -0.2) is 0 Å². The van der Waals surface area contributed by atoms with E-state index >= 15 is 0 Å². The number of methoxy groups -OCH3 is 1. The number of piperidine rings is 1. The average molecular weight is 289 g/mol. The van der Waals surface area contributed by atoms with Crippen LogP contribution < -0.4 is 0 Å². The van der Waals surface area contributed by atoms with E-state index in [9.17, 15) is 15.3 Å². The third-order valence-corrected chi connectivity index (χ3v) is 4.28. The van der Waals surface area contributed by atoms with Gasteiger partial charge in [0.25, 0.3) is 0 Å². The van der Waals surface area contributed by atoms with Gasteiger partial charge in [0.15, 0.2) is 0 Å². The van der Waals surface area contributed by atoms with Crippen LogP contribution in [0, 0.1) is 0 Å². The molecule has 1 saturated heterocycles. The van der Waals surface area contributed by atoms with Gasteiger partial charge >= 0.3 is 0 Å². The van der Waals surface area contributed by atoms with Crippen molar-refractivity contribution in [2.75, 3.05) is 26.8 Å². The second-order valence-corrected chi connectivity index (χ2v) is 5.90. The first-order valence-electron chi connectivity index (χ1n) is 7.85. The summed E-state index contributed by atoms with van der Waals surface area (Å²) in [5, 5.41) is 29.2. The Kier molecular flexibility index (Phi) is 8.64. The minimum Gasteiger partial charge on any atom is -0.389 e. The highest BCUT2D eigenvalue weighted by atomic mass is 16.5. The molecule has 0 aromatic rings. The number of unbranched alkanes of at least 4 members (excludes halogenated alkanes) is 5. The summed E-state index contributed by atoms with van der Waals surface area (Å²) in [7, 11) is 1.74. The van der Waals surface area contributed by atoms with Gasteiger partial charge in [-0.15, -0.1) is 0 Å². The molecule has 1 aliphatic heterocycles. The summed E-state index contributed by atoms with van der Waals surface area (Å²) in [5.74, 6) is 0. The first kappa shape index (κ1) is 17.9. The number of nitrogens with zero attached hydrogens (tertiary/aromatic N) is 1. The number of aliphatic hydroxyl groups excluding tert-OH is 3. The van der Waals surface area contributed by atoms with E-state index < -0.39 is 18.3 Å². The van der Waals surface area contributed by atoms with E-state index in [0.29, 0.717) is 6.54 Å². The molecule has 20 heavy (non-hydrogen) atoms. The molecule has 0 amide bonds. The Morgan fingerprint density at radius 1 is 0.950 bits per heavy atom. The summed E-state index contributed by atoms with van der Waals surface area (Å²) < 4.78 is 5.01. The summed E-state index contributed by atoms with van der Waals surface area (Å²) in [5.41, 5.74) is 0.